The van der Waals surface area contributed by atoms with Crippen molar-refractivity contribution in [2.75, 3.05) is 0 Å². The lowest BCUT2D eigenvalue weighted by atomic mass is 9.95. The molecule has 0 bridgehead atoms. The molecule has 1 unspecified atom stereocenters. The van der Waals surface area contributed by atoms with Crippen LogP contribution in [0, 0.1) is 20.8 Å². The molecule has 0 fully saturated rings. The van der Waals surface area contributed by atoms with E-state index in [9.17, 15) is 0 Å². The van der Waals surface area contributed by atoms with Gasteiger partial charge in [-0.3, -0.25) is 0 Å². The van der Waals surface area contributed by atoms with Gasteiger partial charge in [-0.1, -0.05) is 44.0 Å². The van der Waals surface area contributed by atoms with Crippen LogP contribution in [-0.4, -0.2) is 0 Å². The van der Waals surface area contributed by atoms with E-state index in [1.807, 2.05) is 6.07 Å². The third kappa shape index (κ3) is 3.24. The lowest BCUT2D eigenvalue weighted by Gasteiger charge is -2.17. The molecule has 0 spiro atoms. The van der Waals surface area contributed by atoms with E-state index in [1.54, 1.807) is 0 Å². The molecule has 2 aromatic carbocycles. The van der Waals surface area contributed by atoms with Crippen molar-refractivity contribution >= 4 is 43.5 Å². The van der Waals surface area contributed by atoms with Crippen LogP contribution in [0.5, 0.6) is 0 Å². The lowest BCUT2D eigenvalue weighted by molar-refractivity contribution is 1.08. The monoisotopic (exact) mass is 400 g/mol. The number of aryl methyl sites for hydroxylation is 3. The fourth-order valence-corrected chi connectivity index (χ4v) is 3.58. The molecule has 0 saturated heterocycles. The number of halogens is 3. The number of hydrogen-bond donors (Lipinski definition) is 0. The second-order valence-electron chi connectivity index (χ2n) is 4.82. The zero-order valence-electron chi connectivity index (χ0n) is 11.1. The fraction of sp³-hybridized carbons (Fsp3) is 0.250. The van der Waals surface area contributed by atoms with Crippen molar-refractivity contribution in [2.45, 2.75) is 26.1 Å². The van der Waals surface area contributed by atoms with Crippen LogP contribution in [-0.2, 0) is 0 Å². The predicted octanol–water partition coefficient (Wildman–Crippen LogP) is 6.47. The highest BCUT2D eigenvalue weighted by Crippen LogP contribution is 2.35. The van der Waals surface area contributed by atoms with Gasteiger partial charge in [-0.2, -0.15) is 0 Å². The van der Waals surface area contributed by atoms with Crippen molar-refractivity contribution in [3.05, 3.63) is 67.1 Å². The molecule has 0 aromatic heterocycles. The summed E-state index contributed by atoms with van der Waals surface area (Å²) >= 11 is 13.7. The largest absolute Gasteiger partial charge is 0.113 e. The number of rotatable bonds is 2. The van der Waals surface area contributed by atoms with E-state index in [0.717, 1.165) is 14.5 Å². The number of alkyl halides is 1. The fourth-order valence-electron chi connectivity index (χ4n) is 2.17. The van der Waals surface area contributed by atoms with Crippen molar-refractivity contribution in [3.63, 3.8) is 0 Å². The van der Waals surface area contributed by atoms with Crippen molar-refractivity contribution < 1.29 is 0 Å². The summed E-state index contributed by atoms with van der Waals surface area (Å²) < 4.78 is 2.21. The van der Waals surface area contributed by atoms with Crippen LogP contribution in [0.1, 0.15) is 33.2 Å². The molecule has 0 aliphatic carbocycles. The molecule has 0 amide bonds. The first-order valence-corrected chi connectivity index (χ1v) is 8.09. The lowest BCUT2D eigenvalue weighted by Crippen LogP contribution is -2.00. The molecule has 100 valence electrons. The molecule has 2 aromatic rings. The second kappa shape index (κ2) is 5.99. The van der Waals surface area contributed by atoms with Crippen molar-refractivity contribution in [1.82, 2.24) is 0 Å². The SMILES string of the molecule is Cc1cc(C(Cl)c2ccc(Br)cc2C)c(C)cc1Br. The Morgan fingerprint density at radius 2 is 1.47 bits per heavy atom. The van der Waals surface area contributed by atoms with E-state index < -0.39 is 0 Å². The Bertz CT molecular complexity index is 620. The Balaban J connectivity index is 2.49. The molecule has 3 heteroatoms. The van der Waals surface area contributed by atoms with Gasteiger partial charge >= 0.3 is 0 Å². The number of benzene rings is 2. The Kier molecular flexibility index (Phi) is 4.75. The summed E-state index contributed by atoms with van der Waals surface area (Å²) in [6.07, 6.45) is 0. The Labute approximate surface area is 136 Å². The third-order valence-electron chi connectivity index (χ3n) is 3.33. The van der Waals surface area contributed by atoms with Gasteiger partial charge in [0, 0.05) is 8.95 Å². The van der Waals surface area contributed by atoms with Crippen LogP contribution in [0.4, 0.5) is 0 Å². The molecule has 2 rings (SSSR count). The summed E-state index contributed by atoms with van der Waals surface area (Å²) in [6.45, 7) is 6.28. The van der Waals surface area contributed by atoms with E-state index in [4.69, 9.17) is 11.6 Å². The van der Waals surface area contributed by atoms with Crippen LogP contribution < -0.4 is 0 Å². The minimum absolute atomic E-state index is 0.111. The van der Waals surface area contributed by atoms with E-state index in [1.165, 1.54) is 22.3 Å². The van der Waals surface area contributed by atoms with Crippen molar-refractivity contribution in [3.8, 4) is 0 Å². The van der Waals surface area contributed by atoms with Gasteiger partial charge in [0.25, 0.3) is 0 Å². The molecule has 0 saturated carbocycles. The summed E-state index contributed by atoms with van der Waals surface area (Å²) in [5.74, 6) is 0. The molecule has 0 nitrogen and oxygen atoms in total. The molecular formula is C16H15Br2Cl. The van der Waals surface area contributed by atoms with Crippen LogP contribution in [0.3, 0.4) is 0 Å². The zero-order valence-corrected chi connectivity index (χ0v) is 15.0. The Morgan fingerprint density at radius 1 is 0.842 bits per heavy atom. The van der Waals surface area contributed by atoms with Crippen molar-refractivity contribution in [2.24, 2.45) is 0 Å². The molecule has 19 heavy (non-hydrogen) atoms. The minimum Gasteiger partial charge on any atom is -0.113 e. The smallest absolute Gasteiger partial charge is 0.0840 e. The van der Waals surface area contributed by atoms with E-state index >= 15 is 0 Å². The van der Waals surface area contributed by atoms with Crippen LogP contribution >= 0.6 is 43.5 Å². The highest BCUT2D eigenvalue weighted by atomic mass is 79.9. The van der Waals surface area contributed by atoms with Gasteiger partial charge < -0.3 is 0 Å². The van der Waals surface area contributed by atoms with Gasteiger partial charge in [-0.25, -0.2) is 0 Å². The van der Waals surface area contributed by atoms with Gasteiger partial charge in [0.1, 0.15) is 0 Å². The zero-order chi connectivity index (χ0) is 14.2. The predicted molar refractivity (Wildman–Crippen MR) is 90.2 cm³/mol. The van der Waals surface area contributed by atoms with E-state index in [-0.39, 0.29) is 5.38 Å². The Morgan fingerprint density at radius 3 is 2.11 bits per heavy atom. The van der Waals surface area contributed by atoms with Gasteiger partial charge in [0.15, 0.2) is 0 Å². The molecule has 0 N–H and O–H groups in total. The quantitative estimate of drug-likeness (QED) is 0.505. The van der Waals surface area contributed by atoms with Crippen molar-refractivity contribution in [1.29, 1.82) is 0 Å². The first-order chi connectivity index (χ1) is 8.90. The first kappa shape index (κ1) is 15.1. The molecule has 0 aliphatic heterocycles. The highest BCUT2D eigenvalue weighted by Gasteiger charge is 2.16. The number of hydrogen-bond acceptors (Lipinski definition) is 0. The standard InChI is InChI=1S/C16H15Br2Cl/c1-9-6-12(17)4-5-13(9)16(19)14-7-11(3)15(18)8-10(14)2/h4-8,16H,1-3H3. The van der Waals surface area contributed by atoms with Crippen LogP contribution in [0.15, 0.2) is 39.3 Å². The third-order valence-corrected chi connectivity index (χ3v) is 5.14. The Hall–Kier alpha value is -0.310. The molecule has 1 atom stereocenters. The summed E-state index contributed by atoms with van der Waals surface area (Å²) in [5.41, 5.74) is 5.96. The summed E-state index contributed by atoms with van der Waals surface area (Å²) in [5, 5.41) is -0.111. The maximum atomic E-state index is 6.69. The average Bonchev–Trinajstić information content (AvgIpc) is 2.33. The minimum atomic E-state index is -0.111. The van der Waals surface area contributed by atoms with E-state index in [0.29, 0.717) is 0 Å². The average molecular weight is 403 g/mol. The second-order valence-corrected chi connectivity index (χ2v) is 7.03. The maximum absolute atomic E-state index is 6.69. The topological polar surface area (TPSA) is 0 Å². The van der Waals surface area contributed by atoms with Gasteiger partial charge in [0.2, 0.25) is 0 Å². The molecule has 0 aliphatic rings. The van der Waals surface area contributed by atoms with Gasteiger partial charge in [-0.05, 0) is 66.8 Å². The normalized spacial score (nSPS) is 12.5. The highest BCUT2D eigenvalue weighted by molar-refractivity contribution is 9.10. The maximum Gasteiger partial charge on any atom is 0.0840 e. The van der Waals surface area contributed by atoms with Crippen LogP contribution in [0.25, 0.3) is 0 Å². The van der Waals surface area contributed by atoms with Gasteiger partial charge in [0.05, 0.1) is 5.38 Å². The molecule has 0 heterocycles. The van der Waals surface area contributed by atoms with Gasteiger partial charge in [-0.15, -0.1) is 11.6 Å². The summed E-state index contributed by atoms with van der Waals surface area (Å²) in [6, 6.07) is 10.5. The van der Waals surface area contributed by atoms with Crippen LogP contribution in [0.2, 0.25) is 0 Å². The summed E-state index contributed by atoms with van der Waals surface area (Å²) in [4.78, 5) is 0. The molecular weight excluding hydrogens is 387 g/mol. The summed E-state index contributed by atoms with van der Waals surface area (Å²) in [7, 11) is 0. The van der Waals surface area contributed by atoms with E-state index in [2.05, 4.69) is 76.9 Å². The molecule has 0 radical (unpaired) electrons. The first-order valence-electron chi connectivity index (χ1n) is 6.07.